The van der Waals surface area contributed by atoms with E-state index in [0.717, 1.165) is 73.9 Å². The fourth-order valence-corrected chi connectivity index (χ4v) is 6.37. The van der Waals surface area contributed by atoms with Crippen LogP contribution in [0.3, 0.4) is 0 Å². The van der Waals surface area contributed by atoms with Gasteiger partial charge in [-0.15, -0.1) is 0 Å². The monoisotopic (exact) mass is 443 g/mol. The van der Waals surface area contributed by atoms with Crippen molar-refractivity contribution in [1.29, 1.82) is 0 Å². The van der Waals surface area contributed by atoms with Gasteiger partial charge in [-0.3, -0.25) is 9.59 Å². The van der Waals surface area contributed by atoms with Crippen molar-refractivity contribution in [2.45, 2.75) is 75.0 Å². The summed E-state index contributed by atoms with van der Waals surface area (Å²) in [5, 5.41) is 6.11. The van der Waals surface area contributed by atoms with Crippen LogP contribution >= 0.6 is 0 Å². The van der Waals surface area contributed by atoms with Crippen LogP contribution in [0.15, 0.2) is 36.4 Å². The lowest BCUT2D eigenvalue weighted by atomic mass is 9.70. The number of amides is 2. The maximum absolute atomic E-state index is 12.7. The molecule has 6 rings (SSSR count). The Labute approximate surface area is 194 Å². The molecule has 0 atom stereocenters. The van der Waals surface area contributed by atoms with Gasteiger partial charge in [0, 0.05) is 11.4 Å². The molecule has 2 heterocycles. The van der Waals surface area contributed by atoms with Crippen molar-refractivity contribution in [3.63, 3.8) is 0 Å². The summed E-state index contributed by atoms with van der Waals surface area (Å²) in [7, 11) is 1.33. The minimum Gasteiger partial charge on any atom is -0.526 e. The second-order valence-electron chi connectivity index (χ2n) is 9.94. The highest BCUT2D eigenvalue weighted by Gasteiger charge is 2.48. The molecule has 4 aliphatic rings. The zero-order chi connectivity index (χ0) is 22.5. The zero-order valence-electron chi connectivity index (χ0n) is 18.7. The minimum atomic E-state index is -0.415. The van der Waals surface area contributed by atoms with Crippen molar-refractivity contribution < 1.29 is 18.9 Å². The molecule has 2 aromatic rings. The summed E-state index contributed by atoms with van der Waals surface area (Å²) in [5.41, 5.74) is 3.04. The van der Waals surface area contributed by atoms with E-state index in [9.17, 15) is 9.59 Å². The van der Waals surface area contributed by atoms with Gasteiger partial charge in [-0.05, 0) is 73.2 Å². The Balaban J connectivity index is 1.17. The molecule has 2 N–H and O–H groups in total. The van der Waals surface area contributed by atoms with Crippen molar-refractivity contribution in [3.8, 4) is 11.5 Å². The van der Waals surface area contributed by atoms with Crippen LogP contribution in [0.2, 0.25) is 0 Å². The van der Waals surface area contributed by atoms with Crippen LogP contribution in [0, 0.1) is 0 Å². The van der Waals surface area contributed by atoms with Gasteiger partial charge in [-0.25, -0.2) is 0 Å². The number of benzene rings is 2. The predicted molar refractivity (Wildman–Crippen MR) is 127 cm³/mol. The summed E-state index contributed by atoms with van der Waals surface area (Å²) in [6.45, 7) is 0. The molecule has 7 heteroatoms. The number of hydrogen-bond acceptors (Lipinski definition) is 4. The Bertz CT molecular complexity index is 1030. The summed E-state index contributed by atoms with van der Waals surface area (Å²) in [5.74, 6) is 1.54. The van der Waals surface area contributed by atoms with E-state index in [1.165, 1.54) is 20.5 Å². The molecular formula is C26H28BN2O4. The SMILES string of the molecule is O=C1Nc2ccc(O[B]Oc3ccc4c(c3)C3(CCCCC3)C(=O)N4)cc2C12CCCCC2. The van der Waals surface area contributed by atoms with Crippen LogP contribution < -0.4 is 19.9 Å². The van der Waals surface area contributed by atoms with E-state index in [-0.39, 0.29) is 11.8 Å². The Hall–Kier alpha value is -2.96. The molecule has 33 heavy (non-hydrogen) atoms. The Morgan fingerprint density at radius 2 is 1.06 bits per heavy atom. The molecule has 2 fully saturated rings. The third-order valence-electron chi connectivity index (χ3n) is 8.16. The number of anilines is 2. The average molecular weight is 443 g/mol. The molecule has 2 aromatic carbocycles. The highest BCUT2D eigenvalue weighted by molar-refractivity contribution is 6.21. The maximum Gasteiger partial charge on any atom is 0.658 e. The van der Waals surface area contributed by atoms with E-state index in [1.54, 1.807) is 0 Å². The Kier molecular flexibility index (Phi) is 4.89. The van der Waals surface area contributed by atoms with Crippen molar-refractivity contribution >= 4 is 30.9 Å². The first kappa shape index (κ1) is 20.6. The van der Waals surface area contributed by atoms with Crippen LogP contribution in [0.1, 0.15) is 75.3 Å². The Morgan fingerprint density at radius 1 is 0.636 bits per heavy atom. The lowest BCUT2D eigenvalue weighted by Crippen LogP contribution is -2.36. The molecule has 0 bridgehead atoms. The fraction of sp³-hybridized carbons (Fsp3) is 0.462. The number of carbonyl (C=O) groups excluding carboxylic acids is 2. The van der Waals surface area contributed by atoms with E-state index in [4.69, 9.17) is 9.31 Å². The zero-order valence-corrected chi connectivity index (χ0v) is 18.7. The number of nitrogens with one attached hydrogen (secondary N) is 2. The van der Waals surface area contributed by atoms with Crippen LogP contribution in [0.4, 0.5) is 11.4 Å². The van der Waals surface area contributed by atoms with Crippen LogP contribution in [-0.2, 0) is 20.4 Å². The molecule has 1 radical (unpaired) electrons. The van der Waals surface area contributed by atoms with Gasteiger partial charge in [-0.1, -0.05) is 38.5 Å². The van der Waals surface area contributed by atoms with Crippen LogP contribution in [0.25, 0.3) is 0 Å². The summed E-state index contributed by atoms with van der Waals surface area (Å²) >= 11 is 0. The number of hydrogen-bond donors (Lipinski definition) is 2. The van der Waals surface area contributed by atoms with Gasteiger partial charge in [-0.2, -0.15) is 0 Å². The van der Waals surface area contributed by atoms with Gasteiger partial charge in [0.25, 0.3) is 0 Å². The molecule has 0 saturated heterocycles. The van der Waals surface area contributed by atoms with Gasteiger partial charge < -0.3 is 19.9 Å². The van der Waals surface area contributed by atoms with E-state index >= 15 is 0 Å². The quantitative estimate of drug-likeness (QED) is 0.653. The molecular weight excluding hydrogens is 415 g/mol. The second-order valence-corrected chi connectivity index (χ2v) is 9.94. The van der Waals surface area contributed by atoms with Crippen molar-refractivity contribution in [3.05, 3.63) is 47.5 Å². The minimum absolute atomic E-state index is 0.118. The molecule has 0 aromatic heterocycles. The molecule has 2 aliphatic heterocycles. The van der Waals surface area contributed by atoms with Gasteiger partial charge in [0.05, 0.1) is 10.8 Å². The first-order chi connectivity index (χ1) is 16.1. The summed E-state index contributed by atoms with van der Waals surface area (Å²) < 4.78 is 11.6. The van der Waals surface area contributed by atoms with Gasteiger partial charge in [0.2, 0.25) is 11.8 Å². The first-order valence-corrected chi connectivity index (χ1v) is 12.2. The van der Waals surface area contributed by atoms with E-state index in [1.807, 2.05) is 36.4 Å². The average Bonchev–Trinajstić information content (AvgIpc) is 3.25. The maximum atomic E-state index is 12.7. The van der Waals surface area contributed by atoms with Crippen molar-refractivity contribution in [1.82, 2.24) is 0 Å². The molecule has 2 amide bonds. The second kappa shape index (κ2) is 7.82. The van der Waals surface area contributed by atoms with Gasteiger partial charge in [0.1, 0.15) is 11.5 Å². The smallest absolute Gasteiger partial charge is 0.526 e. The van der Waals surface area contributed by atoms with Crippen molar-refractivity contribution in [2.24, 2.45) is 0 Å². The fourth-order valence-electron chi connectivity index (χ4n) is 6.37. The number of carbonyl (C=O) groups is 2. The topological polar surface area (TPSA) is 76.7 Å². The highest BCUT2D eigenvalue weighted by atomic mass is 16.6. The summed E-state index contributed by atoms with van der Waals surface area (Å²) in [6, 6.07) is 11.5. The molecule has 2 spiro atoms. The van der Waals surface area contributed by atoms with Gasteiger partial charge >= 0.3 is 7.69 Å². The molecule has 2 aliphatic carbocycles. The third kappa shape index (κ3) is 3.23. The molecule has 2 saturated carbocycles. The highest BCUT2D eigenvalue weighted by Crippen LogP contribution is 2.49. The van der Waals surface area contributed by atoms with E-state index < -0.39 is 10.8 Å². The summed E-state index contributed by atoms with van der Waals surface area (Å²) in [4.78, 5) is 25.5. The molecule has 6 nitrogen and oxygen atoms in total. The third-order valence-corrected chi connectivity index (χ3v) is 8.16. The molecule has 169 valence electrons. The Morgan fingerprint density at radius 3 is 1.48 bits per heavy atom. The van der Waals surface area contributed by atoms with E-state index in [2.05, 4.69) is 10.6 Å². The first-order valence-electron chi connectivity index (χ1n) is 12.2. The van der Waals surface area contributed by atoms with Crippen LogP contribution in [-0.4, -0.2) is 19.5 Å². The summed E-state index contributed by atoms with van der Waals surface area (Å²) in [6.07, 6.45) is 10.2. The predicted octanol–water partition coefficient (Wildman–Crippen LogP) is 4.99. The van der Waals surface area contributed by atoms with Crippen LogP contribution in [0.5, 0.6) is 11.5 Å². The largest absolute Gasteiger partial charge is 0.658 e. The normalized spacial score (nSPS) is 21.8. The molecule has 0 unspecified atom stereocenters. The number of fused-ring (bicyclic) bond motifs is 4. The number of rotatable bonds is 4. The van der Waals surface area contributed by atoms with Crippen molar-refractivity contribution in [2.75, 3.05) is 10.6 Å². The van der Waals surface area contributed by atoms with Gasteiger partial charge in [0.15, 0.2) is 0 Å². The standard InChI is InChI=1S/C26H28BN2O4/c30-23-25(11-3-1-4-12-25)19-15-17(7-9-21(19)28-23)32-27-33-18-8-10-22-20(16-18)26(24(31)29-22)13-5-2-6-14-26/h7-10,15-16H,1-6,11-14H2,(H,28,30)(H,29,31). The van der Waals surface area contributed by atoms with E-state index in [0.29, 0.717) is 11.5 Å². The lowest BCUT2D eigenvalue weighted by molar-refractivity contribution is -0.122. The lowest BCUT2D eigenvalue weighted by Gasteiger charge is -2.31.